The van der Waals surface area contributed by atoms with Gasteiger partial charge >= 0.3 is 0 Å². The molecule has 0 unspecified atom stereocenters. The number of fused-ring (bicyclic) bond motifs is 1. The maximum Gasteiger partial charge on any atom is 0.192 e. The van der Waals surface area contributed by atoms with Crippen molar-refractivity contribution in [1.29, 1.82) is 0 Å². The summed E-state index contributed by atoms with van der Waals surface area (Å²) >= 11 is 1.77. The molecule has 4 nitrogen and oxygen atoms in total. The number of hydrogen-bond donors (Lipinski definition) is 1. The fourth-order valence-corrected chi connectivity index (χ4v) is 4.94. The fourth-order valence-electron chi connectivity index (χ4n) is 3.99. The van der Waals surface area contributed by atoms with Crippen LogP contribution in [0.5, 0.6) is 0 Å². The van der Waals surface area contributed by atoms with E-state index < -0.39 is 0 Å². The lowest BCUT2D eigenvalue weighted by atomic mass is 10.1. The topological polar surface area (TPSA) is 35.1 Å². The second-order valence-corrected chi connectivity index (χ2v) is 8.82. The van der Waals surface area contributed by atoms with Gasteiger partial charge in [0.05, 0.1) is 20.6 Å². The zero-order chi connectivity index (χ0) is 20.9. The number of hydrogen-bond acceptors (Lipinski definition) is 3. The van der Waals surface area contributed by atoms with E-state index in [1.807, 2.05) is 0 Å². The van der Waals surface area contributed by atoms with E-state index in [2.05, 4.69) is 109 Å². The molecule has 0 saturated heterocycles. The average molecular weight is 418 g/mol. The van der Waals surface area contributed by atoms with Gasteiger partial charge in [-0.1, -0.05) is 91.5 Å². The van der Waals surface area contributed by atoms with Crippen LogP contribution >= 0.6 is 11.8 Å². The Morgan fingerprint density at radius 3 is 2.40 bits per heavy atom. The number of aromatic nitrogens is 3. The van der Waals surface area contributed by atoms with Crippen molar-refractivity contribution in [3.8, 4) is 0 Å². The first kappa shape index (κ1) is 20.6. The highest BCUT2D eigenvalue weighted by Gasteiger charge is 2.25. The number of nitrogens with zero attached hydrogens (tertiary/aromatic N) is 3. The van der Waals surface area contributed by atoms with Gasteiger partial charge in [-0.3, -0.25) is 4.57 Å². The number of thioether (sulfide) groups is 1. The Hall–Kier alpha value is -2.63. The van der Waals surface area contributed by atoms with Gasteiger partial charge in [0, 0.05) is 12.2 Å². The number of rotatable bonds is 8. The SMILES string of the molecule is CC[C@@H](c1nnc(SCc2cccc3ccccc23)n1Cc1ccccc1)[NH+](C)C. The van der Waals surface area contributed by atoms with Gasteiger partial charge < -0.3 is 4.90 Å². The molecular formula is C25H29N4S+. The van der Waals surface area contributed by atoms with E-state index in [9.17, 15) is 0 Å². The summed E-state index contributed by atoms with van der Waals surface area (Å²) in [6.45, 7) is 3.02. The zero-order valence-corrected chi connectivity index (χ0v) is 18.7. The molecule has 5 heteroatoms. The van der Waals surface area contributed by atoms with Gasteiger partial charge in [0.1, 0.15) is 6.04 Å². The first-order valence-corrected chi connectivity index (χ1v) is 11.5. The van der Waals surface area contributed by atoms with Gasteiger partial charge in [0.15, 0.2) is 11.0 Å². The van der Waals surface area contributed by atoms with Crippen LogP contribution in [0.2, 0.25) is 0 Å². The minimum absolute atomic E-state index is 0.327. The predicted molar refractivity (Wildman–Crippen MR) is 125 cm³/mol. The molecule has 1 heterocycles. The molecule has 0 amide bonds. The summed E-state index contributed by atoms with van der Waals surface area (Å²) in [5.41, 5.74) is 2.60. The highest BCUT2D eigenvalue weighted by atomic mass is 32.2. The minimum Gasteiger partial charge on any atom is -0.331 e. The van der Waals surface area contributed by atoms with Crippen LogP contribution in [0.25, 0.3) is 10.8 Å². The molecule has 4 aromatic rings. The van der Waals surface area contributed by atoms with Crippen LogP contribution in [-0.2, 0) is 12.3 Å². The van der Waals surface area contributed by atoms with Crippen LogP contribution in [0, 0.1) is 0 Å². The average Bonchev–Trinajstić information content (AvgIpc) is 3.15. The van der Waals surface area contributed by atoms with Crippen LogP contribution in [0.15, 0.2) is 78.0 Å². The Balaban J connectivity index is 1.66. The molecule has 0 saturated carbocycles. The third kappa shape index (κ3) is 4.42. The number of quaternary nitrogens is 1. The van der Waals surface area contributed by atoms with Gasteiger partial charge in [-0.25, -0.2) is 0 Å². The van der Waals surface area contributed by atoms with Crippen molar-refractivity contribution >= 4 is 22.5 Å². The van der Waals surface area contributed by atoms with Crippen LogP contribution in [0.3, 0.4) is 0 Å². The van der Waals surface area contributed by atoms with E-state index in [1.165, 1.54) is 26.8 Å². The molecule has 3 aromatic carbocycles. The molecule has 1 aromatic heterocycles. The molecule has 154 valence electrons. The van der Waals surface area contributed by atoms with E-state index in [-0.39, 0.29) is 0 Å². The summed E-state index contributed by atoms with van der Waals surface area (Å²) in [5.74, 6) is 1.95. The lowest BCUT2D eigenvalue weighted by Gasteiger charge is -2.20. The molecule has 0 aliphatic rings. The highest BCUT2D eigenvalue weighted by molar-refractivity contribution is 7.98. The standard InChI is InChI=1S/C25H28N4S/c1-4-23(28(2)3)24-26-27-25(29(24)17-19-11-6-5-7-12-19)30-18-21-15-10-14-20-13-8-9-16-22(20)21/h5-16,23H,4,17-18H2,1-3H3/p+1/t23-/m0/s1. The van der Waals surface area contributed by atoms with Crippen molar-refractivity contribution in [1.82, 2.24) is 14.8 Å². The van der Waals surface area contributed by atoms with Crippen LogP contribution < -0.4 is 4.90 Å². The van der Waals surface area contributed by atoms with Crippen LogP contribution in [0.1, 0.15) is 36.3 Å². The van der Waals surface area contributed by atoms with Gasteiger partial charge in [0.2, 0.25) is 0 Å². The van der Waals surface area contributed by atoms with E-state index in [0.29, 0.717) is 6.04 Å². The van der Waals surface area contributed by atoms with Crippen molar-refractivity contribution < 1.29 is 4.90 Å². The molecule has 0 radical (unpaired) electrons. The number of nitrogens with one attached hydrogen (secondary N) is 1. The second-order valence-electron chi connectivity index (χ2n) is 7.88. The van der Waals surface area contributed by atoms with E-state index in [4.69, 9.17) is 0 Å². The molecule has 0 fully saturated rings. The third-order valence-electron chi connectivity index (χ3n) is 5.58. The smallest absolute Gasteiger partial charge is 0.192 e. The summed E-state index contributed by atoms with van der Waals surface area (Å²) in [6.07, 6.45) is 1.03. The van der Waals surface area contributed by atoms with Crippen molar-refractivity contribution in [3.05, 3.63) is 89.7 Å². The maximum atomic E-state index is 4.65. The minimum atomic E-state index is 0.327. The lowest BCUT2D eigenvalue weighted by Crippen LogP contribution is -3.06. The Morgan fingerprint density at radius 1 is 0.900 bits per heavy atom. The van der Waals surface area contributed by atoms with Crippen LogP contribution in [0.4, 0.5) is 0 Å². The molecule has 0 aliphatic carbocycles. The maximum absolute atomic E-state index is 4.65. The van der Waals surface area contributed by atoms with Gasteiger partial charge in [-0.15, -0.1) is 10.2 Å². The molecule has 4 rings (SSSR count). The first-order valence-electron chi connectivity index (χ1n) is 10.5. The first-order chi connectivity index (χ1) is 14.7. The Morgan fingerprint density at radius 2 is 1.63 bits per heavy atom. The summed E-state index contributed by atoms with van der Waals surface area (Å²) < 4.78 is 2.31. The molecule has 0 aliphatic heterocycles. The largest absolute Gasteiger partial charge is 0.331 e. The van der Waals surface area contributed by atoms with Crippen molar-refractivity contribution in [2.24, 2.45) is 0 Å². The lowest BCUT2D eigenvalue weighted by molar-refractivity contribution is -0.893. The zero-order valence-electron chi connectivity index (χ0n) is 17.9. The molecule has 30 heavy (non-hydrogen) atoms. The van der Waals surface area contributed by atoms with Gasteiger partial charge in [-0.05, 0) is 21.9 Å². The summed E-state index contributed by atoms with van der Waals surface area (Å²) in [6, 6.07) is 26.0. The predicted octanol–water partition coefficient (Wildman–Crippen LogP) is 4.37. The quantitative estimate of drug-likeness (QED) is 0.433. The Bertz CT molecular complexity index is 1100. The van der Waals surface area contributed by atoms with Crippen molar-refractivity contribution in [2.75, 3.05) is 14.1 Å². The monoisotopic (exact) mass is 417 g/mol. The van der Waals surface area contributed by atoms with E-state index in [1.54, 1.807) is 11.8 Å². The Labute approximate surface area is 182 Å². The van der Waals surface area contributed by atoms with Crippen molar-refractivity contribution in [2.45, 2.75) is 36.8 Å². The summed E-state index contributed by atoms with van der Waals surface area (Å²) in [7, 11) is 4.39. The molecule has 0 spiro atoms. The highest BCUT2D eigenvalue weighted by Crippen LogP contribution is 2.28. The molecule has 1 atom stereocenters. The normalized spacial score (nSPS) is 12.5. The molecule has 1 N–H and O–H groups in total. The van der Waals surface area contributed by atoms with E-state index in [0.717, 1.165) is 29.7 Å². The third-order valence-corrected chi connectivity index (χ3v) is 6.60. The molecular weight excluding hydrogens is 388 g/mol. The number of benzene rings is 3. The van der Waals surface area contributed by atoms with Crippen LogP contribution in [-0.4, -0.2) is 28.9 Å². The molecule has 0 bridgehead atoms. The van der Waals surface area contributed by atoms with Gasteiger partial charge in [0.25, 0.3) is 0 Å². The second kappa shape index (κ2) is 9.45. The summed E-state index contributed by atoms with van der Waals surface area (Å²) in [4.78, 5) is 1.38. The Kier molecular flexibility index (Phi) is 6.50. The van der Waals surface area contributed by atoms with Crippen molar-refractivity contribution in [3.63, 3.8) is 0 Å². The van der Waals surface area contributed by atoms with Gasteiger partial charge in [-0.2, -0.15) is 0 Å². The van der Waals surface area contributed by atoms with E-state index >= 15 is 0 Å². The summed E-state index contributed by atoms with van der Waals surface area (Å²) in [5, 5.41) is 12.9. The fraction of sp³-hybridized carbons (Fsp3) is 0.280.